The van der Waals surface area contributed by atoms with E-state index in [9.17, 15) is 4.79 Å². The quantitative estimate of drug-likeness (QED) is 0.826. The third kappa shape index (κ3) is 2.98. The highest BCUT2D eigenvalue weighted by atomic mass is 16.1. The summed E-state index contributed by atoms with van der Waals surface area (Å²) in [7, 11) is 1.94. The average Bonchev–Trinajstić information content (AvgIpc) is 2.63. The van der Waals surface area contributed by atoms with Crippen molar-refractivity contribution in [2.45, 2.75) is 19.4 Å². The Balaban J connectivity index is 2.14. The summed E-state index contributed by atoms with van der Waals surface area (Å²) in [5.74, 6) is 1.07. The molecule has 1 saturated heterocycles. The first-order valence-electron chi connectivity index (χ1n) is 6.35. The summed E-state index contributed by atoms with van der Waals surface area (Å²) >= 11 is 0. The molecule has 1 atom stereocenters. The standard InChI is InChI=1S/C13H20N4O/c1-10(14-2)11-3-5-15-12(9-11)17-7-4-13(18)16-6-8-17/h3,5,9-10,14H,4,6-8H2,1-2H3,(H,16,18). The van der Waals surface area contributed by atoms with Crippen LogP contribution in [-0.2, 0) is 4.79 Å². The zero-order chi connectivity index (χ0) is 13.0. The van der Waals surface area contributed by atoms with Crippen molar-refractivity contribution in [3.05, 3.63) is 23.9 Å². The van der Waals surface area contributed by atoms with Gasteiger partial charge in [-0.2, -0.15) is 0 Å². The summed E-state index contributed by atoms with van der Waals surface area (Å²) < 4.78 is 0. The molecule has 5 heteroatoms. The van der Waals surface area contributed by atoms with E-state index in [4.69, 9.17) is 0 Å². The molecule has 5 nitrogen and oxygen atoms in total. The van der Waals surface area contributed by atoms with Gasteiger partial charge in [0.1, 0.15) is 5.82 Å². The lowest BCUT2D eigenvalue weighted by atomic mass is 10.1. The van der Waals surface area contributed by atoms with Crippen LogP contribution in [0.5, 0.6) is 0 Å². The molecule has 1 fully saturated rings. The van der Waals surface area contributed by atoms with Crippen molar-refractivity contribution >= 4 is 11.7 Å². The molecule has 0 aliphatic carbocycles. The lowest BCUT2D eigenvalue weighted by molar-refractivity contribution is -0.120. The molecular formula is C13H20N4O. The molecule has 1 aromatic heterocycles. The van der Waals surface area contributed by atoms with E-state index < -0.39 is 0 Å². The molecule has 2 rings (SSSR count). The first-order valence-corrected chi connectivity index (χ1v) is 6.35. The van der Waals surface area contributed by atoms with Crippen LogP contribution < -0.4 is 15.5 Å². The number of anilines is 1. The van der Waals surface area contributed by atoms with Crippen LogP contribution in [0.2, 0.25) is 0 Å². The van der Waals surface area contributed by atoms with Crippen molar-refractivity contribution in [3.8, 4) is 0 Å². The second kappa shape index (κ2) is 5.82. The zero-order valence-electron chi connectivity index (χ0n) is 10.9. The maximum atomic E-state index is 11.3. The van der Waals surface area contributed by atoms with E-state index >= 15 is 0 Å². The molecule has 98 valence electrons. The first kappa shape index (κ1) is 12.8. The highest BCUT2D eigenvalue weighted by Gasteiger charge is 2.15. The van der Waals surface area contributed by atoms with Crippen LogP contribution in [-0.4, -0.2) is 37.6 Å². The van der Waals surface area contributed by atoms with E-state index in [-0.39, 0.29) is 5.91 Å². The summed E-state index contributed by atoms with van der Waals surface area (Å²) in [6.45, 7) is 4.35. The Kier molecular flexibility index (Phi) is 4.15. The molecular weight excluding hydrogens is 228 g/mol. The van der Waals surface area contributed by atoms with Crippen molar-refractivity contribution in [2.75, 3.05) is 31.6 Å². The number of pyridine rings is 1. The van der Waals surface area contributed by atoms with E-state index in [0.29, 0.717) is 19.0 Å². The second-order valence-corrected chi connectivity index (χ2v) is 4.54. The van der Waals surface area contributed by atoms with Gasteiger partial charge in [-0.15, -0.1) is 0 Å². The number of hydrogen-bond acceptors (Lipinski definition) is 4. The summed E-state index contributed by atoms with van der Waals surface area (Å²) in [6.07, 6.45) is 2.37. The summed E-state index contributed by atoms with van der Waals surface area (Å²) in [5.41, 5.74) is 1.21. The number of nitrogens with zero attached hydrogens (tertiary/aromatic N) is 2. The lowest BCUT2D eigenvalue weighted by Gasteiger charge is -2.22. The molecule has 2 heterocycles. The van der Waals surface area contributed by atoms with Gasteiger partial charge in [-0.1, -0.05) is 0 Å². The molecule has 0 radical (unpaired) electrons. The minimum Gasteiger partial charge on any atom is -0.354 e. The highest BCUT2D eigenvalue weighted by molar-refractivity contribution is 5.77. The van der Waals surface area contributed by atoms with Crippen LogP contribution in [0.1, 0.15) is 24.9 Å². The van der Waals surface area contributed by atoms with Crippen LogP contribution in [0.25, 0.3) is 0 Å². The van der Waals surface area contributed by atoms with Crippen molar-refractivity contribution in [2.24, 2.45) is 0 Å². The fourth-order valence-electron chi connectivity index (χ4n) is 2.04. The van der Waals surface area contributed by atoms with Crippen LogP contribution in [0.15, 0.2) is 18.3 Å². The van der Waals surface area contributed by atoms with Gasteiger partial charge < -0.3 is 15.5 Å². The van der Waals surface area contributed by atoms with E-state index in [1.807, 2.05) is 19.3 Å². The fraction of sp³-hybridized carbons (Fsp3) is 0.538. The van der Waals surface area contributed by atoms with Crippen LogP contribution in [0.4, 0.5) is 5.82 Å². The number of carbonyl (C=O) groups excluding carboxylic acids is 1. The van der Waals surface area contributed by atoms with Crippen molar-refractivity contribution < 1.29 is 4.79 Å². The van der Waals surface area contributed by atoms with E-state index in [1.54, 1.807) is 0 Å². The Bertz CT molecular complexity index is 421. The molecule has 1 aliphatic rings. The van der Waals surface area contributed by atoms with Gasteiger partial charge in [-0.3, -0.25) is 4.79 Å². The molecule has 0 spiro atoms. The summed E-state index contributed by atoms with van der Waals surface area (Å²) in [6, 6.07) is 4.42. The maximum absolute atomic E-state index is 11.3. The van der Waals surface area contributed by atoms with Gasteiger partial charge >= 0.3 is 0 Å². The normalized spacial score (nSPS) is 18.1. The van der Waals surface area contributed by atoms with Crippen molar-refractivity contribution in [1.29, 1.82) is 0 Å². The second-order valence-electron chi connectivity index (χ2n) is 4.54. The Morgan fingerprint density at radius 1 is 1.50 bits per heavy atom. The average molecular weight is 248 g/mol. The highest BCUT2D eigenvalue weighted by Crippen LogP contribution is 2.18. The Hall–Kier alpha value is -1.62. The largest absolute Gasteiger partial charge is 0.354 e. The minimum absolute atomic E-state index is 0.122. The molecule has 18 heavy (non-hydrogen) atoms. The van der Waals surface area contributed by atoms with Gasteiger partial charge in [0.2, 0.25) is 5.91 Å². The van der Waals surface area contributed by atoms with Crippen molar-refractivity contribution in [3.63, 3.8) is 0 Å². The number of carbonyl (C=O) groups is 1. The third-order valence-electron chi connectivity index (χ3n) is 3.34. The predicted octanol–water partition coefficient (Wildman–Crippen LogP) is 0.688. The molecule has 0 aromatic carbocycles. The zero-order valence-corrected chi connectivity index (χ0v) is 10.9. The summed E-state index contributed by atoms with van der Waals surface area (Å²) in [5, 5.41) is 6.09. The Morgan fingerprint density at radius 3 is 3.11 bits per heavy atom. The smallest absolute Gasteiger partial charge is 0.221 e. The fourth-order valence-corrected chi connectivity index (χ4v) is 2.04. The number of aromatic nitrogens is 1. The molecule has 1 aromatic rings. The van der Waals surface area contributed by atoms with E-state index in [2.05, 4.69) is 33.5 Å². The Labute approximate surface area is 108 Å². The van der Waals surface area contributed by atoms with Gasteiger partial charge in [-0.25, -0.2) is 4.98 Å². The number of hydrogen-bond donors (Lipinski definition) is 2. The monoisotopic (exact) mass is 248 g/mol. The molecule has 0 bridgehead atoms. The number of amides is 1. The Morgan fingerprint density at radius 2 is 2.33 bits per heavy atom. The van der Waals surface area contributed by atoms with Gasteiger partial charge in [0.15, 0.2) is 0 Å². The molecule has 1 aliphatic heterocycles. The lowest BCUT2D eigenvalue weighted by Crippen LogP contribution is -2.29. The first-order chi connectivity index (χ1) is 8.70. The molecule has 1 unspecified atom stereocenters. The minimum atomic E-state index is 0.122. The van der Waals surface area contributed by atoms with Gasteiger partial charge in [0, 0.05) is 38.3 Å². The summed E-state index contributed by atoms with van der Waals surface area (Å²) in [4.78, 5) is 17.9. The number of rotatable bonds is 3. The van der Waals surface area contributed by atoms with E-state index in [0.717, 1.165) is 18.9 Å². The third-order valence-corrected chi connectivity index (χ3v) is 3.34. The molecule has 0 saturated carbocycles. The molecule has 1 amide bonds. The number of nitrogens with one attached hydrogen (secondary N) is 2. The molecule has 2 N–H and O–H groups in total. The van der Waals surface area contributed by atoms with Gasteiger partial charge in [0.25, 0.3) is 0 Å². The van der Waals surface area contributed by atoms with Crippen molar-refractivity contribution in [1.82, 2.24) is 15.6 Å². The van der Waals surface area contributed by atoms with Gasteiger partial charge in [-0.05, 0) is 31.7 Å². The van der Waals surface area contributed by atoms with E-state index in [1.165, 1.54) is 5.56 Å². The van der Waals surface area contributed by atoms with Crippen LogP contribution >= 0.6 is 0 Å². The topological polar surface area (TPSA) is 57.3 Å². The van der Waals surface area contributed by atoms with Gasteiger partial charge in [0.05, 0.1) is 0 Å². The maximum Gasteiger partial charge on any atom is 0.221 e. The van der Waals surface area contributed by atoms with Crippen LogP contribution in [0.3, 0.4) is 0 Å². The van der Waals surface area contributed by atoms with Crippen LogP contribution in [0, 0.1) is 0 Å². The predicted molar refractivity (Wildman–Crippen MR) is 71.6 cm³/mol. The SMILES string of the molecule is CNC(C)c1ccnc(N2CCNC(=O)CC2)c1.